The van der Waals surface area contributed by atoms with E-state index in [2.05, 4.69) is 6.92 Å². The highest BCUT2D eigenvalue weighted by Crippen LogP contribution is 2.29. The topological polar surface area (TPSA) is 35.2 Å². The molecule has 1 saturated carbocycles. The van der Waals surface area contributed by atoms with Gasteiger partial charge in [0.25, 0.3) is 0 Å². The SMILES string of the molecule is CCCC(N)C(OC)C1CCCCC1. The number of hydrogen-bond acceptors (Lipinski definition) is 2. The number of hydrogen-bond donors (Lipinski definition) is 1. The second kappa shape index (κ2) is 6.41. The molecule has 0 aromatic rings. The lowest BCUT2D eigenvalue weighted by atomic mass is 9.82. The molecule has 2 unspecified atom stereocenters. The molecule has 0 spiro atoms. The van der Waals surface area contributed by atoms with Crippen molar-refractivity contribution in [2.45, 2.75) is 64.0 Å². The van der Waals surface area contributed by atoms with Crippen LogP contribution in [0.3, 0.4) is 0 Å². The van der Waals surface area contributed by atoms with E-state index in [4.69, 9.17) is 10.5 Å². The number of methoxy groups -OCH3 is 1. The van der Waals surface area contributed by atoms with E-state index in [0.717, 1.165) is 18.8 Å². The summed E-state index contributed by atoms with van der Waals surface area (Å²) < 4.78 is 5.58. The lowest BCUT2D eigenvalue weighted by molar-refractivity contribution is 0.0158. The molecule has 0 saturated heterocycles. The number of nitrogens with two attached hydrogens (primary N) is 1. The van der Waals surface area contributed by atoms with Crippen molar-refractivity contribution in [3.63, 3.8) is 0 Å². The molecule has 14 heavy (non-hydrogen) atoms. The van der Waals surface area contributed by atoms with Crippen molar-refractivity contribution in [1.82, 2.24) is 0 Å². The van der Waals surface area contributed by atoms with Crippen LogP contribution in [0, 0.1) is 5.92 Å². The zero-order chi connectivity index (χ0) is 10.4. The van der Waals surface area contributed by atoms with Crippen LogP contribution in [-0.2, 0) is 4.74 Å². The number of rotatable bonds is 5. The maximum absolute atomic E-state index is 6.14. The molecule has 1 aliphatic carbocycles. The van der Waals surface area contributed by atoms with Crippen LogP contribution in [0.25, 0.3) is 0 Å². The van der Waals surface area contributed by atoms with Crippen LogP contribution < -0.4 is 5.73 Å². The van der Waals surface area contributed by atoms with Gasteiger partial charge in [-0.3, -0.25) is 0 Å². The Labute approximate surface area is 88.2 Å². The van der Waals surface area contributed by atoms with Gasteiger partial charge in [-0.25, -0.2) is 0 Å². The van der Waals surface area contributed by atoms with E-state index in [9.17, 15) is 0 Å². The molecule has 2 atom stereocenters. The van der Waals surface area contributed by atoms with E-state index in [1.807, 2.05) is 7.11 Å². The first-order valence-electron chi connectivity index (χ1n) is 6.08. The van der Waals surface area contributed by atoms with Crippen molar-refractivity contribution in [2.75, 3.05) is 7.11 Å². The van der Waals surface area contributed by atoms with Crippen molar-refractivity contribution in [2.24, 2.45) is 11.7 Å². The predicted octanol–water partition coefficient (Wildman–Crippen LogP) is 2.71. The highest BCUT2D eigenvalue weighted by atomic mass is 16.5. The molecule has 0 radical (unpaired) electrons. The van der Waals surface area contributed by atoms with E-state index in [1.54, 1.807) is 0 Å². The quantitative estimate of drug-likeness (QED) is 0.739. The average molecular weight is 199 g/mol. The molecule has 2 nitrogen and oxygen atoms in total. The minimum absolute atomic E-state index is 0.244. The molecule has 2 N–H and O–H groups in total. The summed E-state index contributed by atoms with van der Waals surface area (Å²) in [6.45, 7) is 2.19. The zero-order valence-electron chi connectivity index (χ0n) is 9.67. The molecule has 0 amide bonds. The molecule has 0 bridgehead atoms. The van der Waals surface area contributed by atoms with Gasteiger partial charge in [-0.05, 0) is 25.2 Å². The van der Waals surface area contributed by atoms with Crippen LogP contribution >= 0.6 is 0 Å². The maximum Gasteiger partial charge on any atom is 0.0750 e. The Balaban J connectivity index is 2.41. The normalized spacial score (nSPS) is 23.4. The monoisotopic (exact) mass is 199 g/mol. The van der Waals surface area contributed by atoms with Gasteiger partial charge in [-0.1, -0.05) is 32.6 Å². The average Bonchev–Trinajstić information content (AvgIpc) is 2.21. The van der Waals surface area contributed by atoms with Crippen molar-refractivity contribution >= 4 is 0 Å². The summed E-state index contributed by atoms with van der Waals surface area (Å²) in [4.78, 5) is 0. The summed E-state index contributed by atoms with van der Waals surface area (Å²) in [5, 5.41) is 0. The van der Waals surface area contributed by atoms with Crippen LogP contribution in [0.1, 0.15) is 51.9 Å². The van der Waals surface area contributed by atoms with Gasteiger partial charge in [-0.2, -0.15) is 0 Å². The molecule has 84 valence electrons. The molecule has 2 heteroatoms. The molecule has 0 aromatic heterocycles. The first-order chi connectivity index (χ1) is 6.79. The zero-order valence-corrected chi connectivity index (χ0v) is 9.67. The van der Waals surface area contributed by atoms with E-state index in [-0.39, 0.29) is 6.04 Å². The Bertz CT molecular complexity index is 143. The van der Waals surface area contributed by atoms with Crippen LogP contribution in [0.15, 0.2) is 0 Å². The van der Waals surface area contributed by atoms with Gasteiger partial charge < -0.3 is 10.5 Å². The van der Waals surface area contributed by atoms with Crippen molar-refractivity contribution < 1.29 is 4.74 Å². The summed E-state index contributed by atoms with van der Waals surface area (Å²) in [5.41, 5.74) is 6.14. The van der Waals surface area contributed by atoms with Crippen molar-refractivity contribution in [1.29, 1.82) is 0 Å². The summed E-state index contributed by atoms with van der Waals surface area (Å²) in [7, 11) is 1.81. The van der Waals surface area contributed by atoms with Crippen LogP contribution in [0.4, 0.5) is 0 Å². The molecule has 1 fully saturated rings. The Morgan fingerprint density at radius 2 is 1.93 bits per heavy atom. The molecular formula is C12H25NO. The molecule has 1 aliphatic rings. The third-order valence-corrected chi connectivity index (χ3v) is 3.43. The maximum atomic E-state index is 6.14. The van der Waals surface area contributed by atoms with Gasteiger partial charge in [0.15, 0.2) is 0 Å². The molecule has 0 heterocycles. The third kappa shape index (κ3) is 3.25. The van der Waals surface area contributed by atoms with Crippen LogP contribution in [0.2, 0.25) is 0 Å². The van der Waals surface area contributed by atoms with Gasteiger partial charge in [0.05, 0.1) is 6.10 Å². The van der Waals surface area contributed by atoms with Gasteiger partial charge in [-0.15, -0.1) is 0 Å². The lowest BCUT2D eigenvalue weighted by Crippen LogP contribution is -2.42. The van der Waals surface area contributed by atoms with E-state index in [0.29, 0.717) is 6.10 Å². The highest BCUT2D eigenvalue weighted by molar-refractivity contribution is 4.82. The van der Waals surface area contributed by atoms with Gasteiger partial charge in [0, 0.05) is 13.2 Å². The molecule has 0 aliphatic heterocycles. The molecular weight excluding hydrogens is 174 g/mol. The fourth-order valence-corrected chi connectivity index (χ4v) is 2.68. The largest absolute Gasteiger partial charge is 0.380 e. The van der Waals surface area contributed by atoms with Crippen LogP contribution in [0.5, 0.6) is 0 Å². The Hall–Kier alpha value is -0.0800. The Morgan fingerprint density at radius 3 is 2.43 bits per heavy atom. The fourth-order valence-electron chi connectivity index (χ4n) is 2.68. The molecule has 0 aromatic carbocycles. The van der Waals surface area contributed by atoms with Gasteiger partial charge in [0.2, 0.25) is 0 Å². The Kier molecular flexibility index (Phi) is 5.49. The summed E-state index contributed by atoms with van der Waals surface area (Å²) in [6.07, 6.45) is 9.31. The highest BCUT2D eigenvalue weighted by Gasteiger charge is 2.27. The fraction of sp³-hybridized carbons (Fsp3) is 1.00. The smallest absolute Gasteiger partial charge is 0.0750 e. The second-order valence-corrected chi connectivity index (χ2v) is 4.55. The minimum Gasteiger partial charge on any atom is -0.380 e. The van der Waals surface area contributed by atoms with Crippen LogP contribution in [-0.4, -0.2) is 19.3 Å². The van der Waals surface area contributed by atoms with Crippen molar-refractivity contribution in [3.8, 4) is 0 Å². The first-order valence-corrected chi connectivity index (χ1v) is 6.08. The summed E-state index contributed by atoms with van der Waals surface area (Å²) in [5.74, 6) is 0.718. The summed E-state index contributed by atoms with van der Waals surface area (Å²) >= 11 is 0. The van der Waals surface area contributed by atoms with E-state index >= 15 is 0 Å². The third-order valence-electron chi connectivity index (χ3n) is 3.43. The van der Waals surface area contributed by atoms with Gasteiger partial charge >= 0.3 is 0 Å². The molecule has 1 rings (SSSR count). The van der Waals surface area contributed by atoms with E-state index in [1.165, 1.54) is 32.1 Å². The number of ether oxygens (including phenoxy) is 1. The van der Waals surface area contributed by atoms with Crippen molar-refractivity contribution in [3.05, 3.63) is 0 Å². The Morgan fingerprint density at radius 1 is 1.29 bits per heavy atom. The predicted molar refractivity (Wildman–Crippen MR) is 60.3 cm³/mol. The van der Waals surface area contributed by atoms with Gasteiger partial charge in [0.1, 0.15) is 0 Å². The lowest BCUT2D eigenvalue weighted by Gasteiger charge is -2.33. The standard InChI is InChI=1S/C12H25NO/c1-3-7-11(13)12(14-2)10-8-5-4-6-9-10/h10-12H,3-9,13H2,1-2H3. The van der Waals surface area contributed by atoms with E-state index < -0.39 is 0 Å². The second-order valence-electron chi connectivity index (χ2n) is 4.55. The minimum atomic E-state index is 0.244. The summed E-state index contributed by atoms with van der Waals surface area (Å²) in [6, 6.07) is 0.244. The first kappa shape index (κ1) is 12.0.